The number of benzene rings is 2. The Hall–Kier alpha value is -2.13. The SMILES string of the molecule is Nc1ccc(CCC(=O)c2cccc3ccsc23)cc1. The molecule has 0 aliphatic rings. The molecule has 0 aliphatic carbocycles. The van der Waals surface area contributed by atoms with Crippen molar-refractivity contribution in [3.05, 3.63) is 65.0 Å². The van der Waals surface area contributed by atoms with Gasteiger partial charge in [0.2, 0.25) is 0 Å². The van der Waals surface area contributed by atoms with Crippen LogP contribution in [0.25, 0.3) is 10.1 Å². The maximum atomic E-state index is 12.4. The molecule has 0 amide bonds. The molecule has 0 atom stereocenters. The second-order valence-corrected chi connectivity index (χ2v) is 5.73. The van der Waals surface area contributed by atoms with Crippen LogP contribution in [-0.4, -0.2) is 5.78 Å². The number of nitrogens with two attached hydrogens (primary N) is 1. The highest BCUT2D eigenvalue weighted by Crippen LogP contribution is 2.26. The lowest BCUT2D eigenvalue weighted by molar-refractivity contribution is 0.0984. The quantitative estimate of drug-likeness (QED) is 0.572. The van der Waals surface area contributed by atoms with Crippen molar-refractivity contribution in [2.45, 2.75) is 12.8 Å². The predicted molar refractivity (Wildman–Crippen MR) is 85.3 cm³/mol. The molecule has 3 rings (SSSR count). The molecule has 2 aromatic carbocycles. The standard InChI is InChI=1S/C17H15NOS/c18-14-7-4-12(5-8-14)6-9-16(19)15-3-1-2-13-10-11-20-17(13)15/h1-5,7-8,10-11H,6,9,18H2. The molecule has 0 fully saturated rings. The van der Waals surface area contributed by atoms with Gasteiger partial charge in [-0.25, -0.2) is 0 Å². The van der Waals surface area contributed by atoms with Crippen molar-refractivity contribution in [1.29, 1.82) is 0 Å². The van der Waals surface area contributed by atoms with Crippen LogP contribution >= 0.6 is 11.3 Å². The zero-order valence-electron chi connectivity index (χ0n) is 11.0. The Balaban J connectivity index is 1.76. The number of Topliss-reactive ketones (excluding diaryl/α,β-unsaturated/α-hetero) is 1. The van der Waals surface area contributed by atoms with Gasteiger partial charge in [0.1, 0.15) is 0 Å². The Labute approximate surface area is 121 Å². The molecule has 2 nitrogen and oxygen atoms in total. The van der Waals surface area contributed by atoms with Crippen molar-refractivity contribution < 1.29 is 4.79 Å². The molecule has 0 spiro atoms. The van der Waals surface area contributed by atoms with E-state index in [4.69, 9.17) is 5.73 Å². The minimum atomic E-state index is 0.204. The first kappa shape index (κ1) is 12.9. The molecular formula is C17H15NOS. The summed E-state index contributed by atoms with van der Waals surface area (Å²) in [5, 5.41) is 3.18. The summed E-state index contributed by atoms with van der Waals surface area (Å²) in [7, 11) is 0. The van der Waals surface area contributed by atoms with Gasteiger partial charge in [-0.05, 0) is 47.0 Å². The summed E-state index contributed by atoms with van der Waals surface area (Å²) >= 11 is 1.63. The van der Waals surface area contributed by atoms with Gasteiger partial charge in [0, 0.05) is 22.4 Å². The largest absolute Gasteiger partial charge is 0.399 e. The lowest BCUT2D eigenvalue weighted by atomic mass is 10.0. The number of thiophene rings is 1. The first-order valence-electron chi connectivity index (χ1n) is 6.58. The number of anilines is 1. The van der Waals surface area contributed by atoms with E-state index < -0.39 is 0 Å². The van der Waals surface area contributed by atoms with Gasteiger partial charge in [0.25, 0.3) is 0 Å². The zero-order chi connectivity index (χ0) is 13.9. The highest BCUT2D eigenvalue weighted by Gasteiger charge is 2.10. The number of aryl methyl sites for hydroxylation is 1. The summed E-state index contributed by atoms with van der Waals surface area (Å²) in [6, 6.07) is 15.7. The van der Waals surface area contributed by atoms with E-state index in [-0.39, 0.29) is 5.78 Å². The minimum Gasteiger partial charge on any atom is -0.399 e. The molecule has 100 valence electrons. The summed E-state index contributed by atoms with van der Waals surface area (Å²) in [5.74, 6) is 0.204. The summed E-state index contributed by atoms with van der Waals surface area (Å²) in [6.07, 6.45) is 1.28. The third-order valence-corrected chi connectivity index (χ3v) is 4.36. The van der Waals surface area contributed by atoms with E-state index in [0.717, 1.165) is 33.3 Å². The Morgan fingerprint density at radius 3 is 2.65 bits per heavy atom. The monoisotopic (exact) mass is 281 g/mol. The second-order valence-electron chi connectivity index (χ2n) is 4.81. The summed E-state index contributed by atoms with van der Waals surface area (Å²) in [4.78, 5) is 12.4. The van der Waals surface area contributed by atoms with E-state index in [0.29, 0.717) is 6.42 Å². The normalized spacial score (nSPS) is 10.8. The molecule has 0 radical (unpaired) electrons. The molecule has 20 heavy (non-hydrogen) atoms. The molecule has 3 aromatic rings. The number of hydrogen-bond acceptors (Lipinski definition) is 3. The Morgan fingerprint density at radius 1 is 1.05 bits per heavy atom. The van der Waals surface area contributed by atoms with Crippen LogP contribution in [0.2, 0.25) is 0 Å². The van der Waals surface area contributed by atoms with Gasteiger partial charge in [0.05, 0.1) is 0 Å². The maximum absolute atomic E-state index is 12.4. The highest BCUT2D eigenvalue weighted by molar-refractivity contribution is 7.17. The van der Waals surface area contributed by atoms with Gasteiger partial charge >= 0.3 is 0 Å². The van der Waals surface area contributed by atoms with E-state index in [2.05, 4.69) is 6.07 Å². The molecule has 2 N–H and O–H groups in total. The molecule has 0 saturated carbocycles. The highest BCUT2D eigenvalue weighted by atomic mass is 32.1. The average molecular weight is 281 g/mol. The number of rotatable bonds is 4. The maximum Gasteiger partial charge on any atom is 0.164 e. The molecule has 1 heterocycles. The third kappa shape index (κ3) is 2.58. The van der Waals surface area contributed by atoms with Gasteiger partial charge in [-0.2, -0.15) is 0 Å². The topological polar surface area (TPSA) is 43.1 Å². The summed E-state index contributed by atoms with van der Waals surface area (Å²) in [5.41, 5.74) is 8.40. The van der Waals surface area contributed by atoms with Crippen molar-refractivity contribution in [3.8, 4) is 0 Å². The van der Waals surface area contributed by atoms with Crippen LogP contribution in [0.5, 0.6) is 0 Å². The fraction of sp³-hybridized carbons (Fsp3) is 0.118. The number of nitrogen functional groups attached to an aromatic ring is 1. The van der Waals surface area contributed by atoms with Crippen LogP contribution < -0.4 is 5.73 Å². The van der Waals surface area contributed by atoms with Crippen molar-refractivity contribution in [1.82, 2.24) is 0 Å². The van der Waals surface area contributed by atoms with Crippen LogP contribution in [0.4, 0.5) is 5.69 Å². The number of ketones is 1. The van der Waals surface area contributed by atoms with Gasteiger partial charge in [-0.1, -0.05) is 24.3 Å². The van der Waals surface area contributed by atoms with Crippen molar-refractivity contribution >= 4 is 32.9 Å². The van der Waals surface area contributed by atoms with Gasteiger partial charge in [-0.15, -0.1) is 11.3 Å². The number of hydrogen-bond donors (Lipinski definition) is 1. The van der Waals surface area contributed by atoms with E-state index in [9.17, 15) is 4.79 Å². The summed E-state index contributed by atoms with van der Waals surface area (Å²) < 4.78 is 1.09. The van der Waals surface area contributed by atoms with E-state index in [1.807, 2.05) is 47.8 Å². The molecular weight excluding hydrogens is 266 g/mol. The molecule has 0 aliphatic heterocycles. The van der Waals surface area contributed by atoms with E-state index in [1.54, 1.807) is 11.3 Å². The lowest BCUT2D eigenvalue weighted by Gasteiger charge is -2.04. The summed E-state index contributed by atoms with van der Waals surface area (Å²) in [6.45, 7) is 0. The smallest absolute Gasteiger partial charge is 0.164 e. The van der Waals surface area contributed by atoms with Crippen LogP contribution in [-0.2, 0) is 6.42 Å². The Bertz CT molecular complexity index is 743. The van der Waals surface area contributed by atoms with Crippen LogP contribution in [0.1, 0.15) is 22.3 Å². The first-order valence-corrected chi connectivity index (χ1v) is 7.46. The molecule has 0 saturated heterocycles. The van der Waals surface area contributed by atoms with Crippen molar-refractivity contribution in [3.63, 3.8) is 0 Å². The Morgan fingerprint density at radius 2 is 1.85 bits per heavy atom. The van der Waals surface area contributed by atoms with Crippen molar-refractivity contribution in [2.24, 2.45) is 0 Å². The fourth-order valence-corrected chi connectivity index (χ4v) is 3.22. The van der Waals surface area contributed by atoms with Crippen LogP contribution in [0.3, 0.4) is 0 Å². The number of carbonyl (C=O) groups is 1. The average Bonchev–Trinajstić information content (AvgIpc) is 2.94. The third-order valence-electron chi connectivity index (χ3n) is 3.40. The first-order chi connectivity index (χ1) is 9.74. The van der Waals surface area contributed by atoms with Gasteiger partial charge in [-0.3, -0.25) is 4.79 Å². The number of carbonyl (C=O) groups excluding carboxylic acids is 1. The lowest BCUT2D eigenvalue weighted by Crippen LogP contribution is -2.01. The molecule has 1 aromatic heterocycles. The number of fused-ring (bicyclic) bond motifs is 1. The van der Waals surface area contributed by atoms with Crippen LogP contribution in [0.15, 0.2) is 53.9 Å². The van der Waals surface area contributed by atoms with Gasteiger partial charge < -0.3 is 5.73 Å². The zero-order valence-corrected chi connectivity index (χ0v) is 11.8. The second kappa shape index (κ2) is 5.47. The predicted octanol–water partition coefficient (Wildman–Crippen LogP) is 4.30. The molecule has 3 heteroatoms. The molecule has 0 unspecified atom stereocenters. The Kier molecular flexibility index (Phi) is 3.52. The fourth-order valence-electron chi connectivity index (χ4n) is 2.29. The van der Waals surface area contributed by atoms with Crippen molar-refractivity contribution in [2.75, 3.05) is 5.73 Å². The van der Waals surface area contributed by atoms with E-state index in [1.165, 1.54) is 0 Å². The van der Waals surface area contributed by atoms with E-state index >= 15 is 0 Å². The van der Waals surface area contributed by atoms with Crippen LogP contribution in [0, 0.1) is 0 Å². The minimum absolute atomic E-state index is 0.204. The van der Waals surface area contributed by atoms with Gasteiger partial charge in [0.15, 0.2) is 5.78 Å². The molecule has 0 bridgehead atoms.